The van der Waals surface area contributed by atoms with E-state index in [1.165, 1.54) is 17.4 Å². The zero-order valence-electron chi connectivity index (χ0n) is 15.2. The van der Waals surface area contributed by atoms with E-state index in [0.29, 0.717) is 27.2 Å². The zero-order valence-corrected chi connectivity index (χ0v) is 16.0. The van der Waals surface area contributed by atoms with Gasteiger partial charge in [-0.1, -0.05) is 11.6 Å². The first kappa shape index (κ1) is 18.0. The first-order valence-corrected chi connectivity index (χ1v) is 9.45. The van der Waals surface area contributed by atoms with E-state index in [9.17, 15) is 9.18 Å². The summed E-state index contributed by atoms with van der Waals surface area (Å²) in [5, 5.41) is 0.572. The summed E-state index contributed by atoms with van der Waals surface area (Å²) in [6.45, 7) is 11.3. The fourth-order valence-electron chi connectivity index (χ4n) is 3.10. The number of hydrogen-bond acceptors (Lipinski definition) is 4. The average Bonchev–Trinajstić information content (AvgIpc) is 2.98. The van der Waals surface area contributed by atoms with Gasteiger partial charge in [0.05, 0.1) is 5.69 Å². The number of hydrogen-bond donors (Lipinski definition) is 0. The molecule has 1 saturated heterocycles. The van der Waals surface area contributed by atoms with Crippen molar-refractivity contribution >= 4 is 17.2 Å². The molecule has 1 aliphatic heterocycles. The van der Waals surface area contributed by atoms with E-state index in [2.05, 4.69) is 23.7 Å². The summed E-state index contributed by atoms with van der Waals surface area (Å²) in [5.74, 6) is -0.290. The molecule has 1 aromatic carbocycles. The van der Waals surface area contributed by atoms with Gasteiger partial charge in [-0.25, -0.2) is 9.37 Å². The highest BCUT2D eigenvalue weighted by Gasteiger charge is 2.26. The molecule has 1 fully saturated rings. The molecule has 0 spiro atoms. The number of thiazole rings is 1. The summed E-state index contributed by atoms with van der Waals surface area (Å²) < 4.78 is 14.1. The molecule has 0 saturated carbocycles. The number of carbonyl (C=O) groups is 1. The van der Waals surface area contributed by atoms with Crippen LogP contribution in [0.4, 0.5) is 4.39 Å². The fraction of sp³-hybridized carbons (Fsp3) is 0.474. The maximum Gasteiger partial charge on any atom is 0.265 e. The molecule has 25 heavy (non-hydrogen) atoms. The number of halogens is 1. The molecule has 2 aromatic rings. The number of rotatable bonds is 3. The molecule has 0 aliphatic carbocycles. The van der Waals surface area contributed by atoms with Crippen molar-refractivity contribution in [3.05, 3.63) is 40.2 Å². The largest absolute Gasteiger partial charge is 0.335 e. The van der Waals surface area contributed by atoms with Crippen molar-refractivity contribution in [3.63, 3.8) is 0 Å². The van der Waals surface area contributed by atoms with E-state index in [1.54, 1.807) is 12.1 Å². The molecular weight excluding hydrogens is 337 g/mol. The van der Waals surface area contributed by atoms with E-state index >= 15 is 0 Å². The Morgan fingerprint density at radius 3 is 2.52 bits per heavy atom. The van der Waals surface area contributed by atoms with Crippen molar-refractivity contribution in [2.45, 2.75) is 33.7 Å². The molecule has 6 heteroatoms. The highest BCUT2D eigenvalue weighted by atomic mass is 32.1. The molecule has 0 N–H and O–H groups in total. The van der Waals surface area contributed by atoms with E-state index in [1.807, 2.05) is 18.7 Å². The molecule has 1 aliphatic rings. The summed E-state index contributed by atoms with van der Waals surface area (Å²) in [6, 6.07) is 5.47. The van der Waals surface area contributed by atoms with Gasteiger partial charge >= 0.3 is 0 Å². The minimum atomic E-state index is -0.302. The van der Waals surface area contributed by atoms with Crippen molar-refractivity contribution in [2.75, 3.05) is 26.2 Å². The number of aryl methyl sites for hydroxylation is 2. The highest BCUT2D eigenvalue weighted by Crippen LogP contribution is 2.31. The molecule has 0 bridgehead atoms. The minimum absolute atomic E-state index is 0.0118. The average molecular weight is 361 g/mol. The van der Waals surface area contributed by atoms with Crippen molar-refractivity contribution in [2.24, 2.45) is 0 Å². The summed E-state index contributed by atoms with van der Waals surface area (Å²) >= 11 is 1.29. The Morgan fingerprint density at radius 2 is 1.88 bits per heavy atom. The summed E-state index contributed by atoms with van der Waals surface area (Å²) in [4.78, 5) is 22.2. The van der Waals surface area contributed by atoms with E-state index in [-0.39, 0.29) is 11.7 Å². The predicted octanol–water partition coefficient (Wildman–Crippen LogP) is 3.73. The summed E-state index contributed by atoms with van der Waals surface area (Å²) in [5.41, 5.74) is 2.12. The smallest absolute Gasteiger partial charge is 0.265 e. The van der Waals surface area contributed by atoms with E-state index in [4.69, 9.17) is 0 Å². The highest BCUT2D eigenvalue weighted by molar-refractivity contribution is 7.17. The number of piperazine rings is 1. The monoisotopic (exact) mass is 361 g/mol. The lowest BCUT2D eigenvalue weighted by Gasteiger charge is -2.36. The maximum absolute atomic E-state index is 14.1. The first-order valence-electron chi connectivity index (χ1n) is 8.64. The predicted molar refractivity (Wildman–Crippen MR) is 99.6 cm³/mol. The fourth-order valence-corrected chi connectivity index (χ4v) is 4.15. The minimum Gasteiger partial charge on any atom is -0.335 e. The number of aromatic nitrogens is 1. The van der Waals surface area contributed by atoms with Crippen LogP contribution >= 0.6 is 11.3 Å². The Bertz CT molecular complexity index is 779. The van der Waals surface area contributed by atoms with E-state index < -0.39 is 0 Å². The van der Waals surface area contributed by atoms with Crippen LogP contribution in [0.1, 0.15) is 34.8 Å². The van der Waals surface area contributed by atoms with Gasteiger partial charge in [-0.15, -0.1) is 11.3 Å². The Labute approximate surface area is 152 Å². The van der Waals surface area contributed by atoms with Gasteiger partial charge in [0.25, 0.3) is 5.91 Å². The molecule has 134 valence electrons. The second-order valence-corrected chi connectivity index (χ2v) is 7.84. The number of benzene rings is 1. The molecule has 3 rings (SSSR count). The third-order valence-electron chi connectivity index (χ3n) is 4.67. The number of carbonyl (C=O) groups excluding carboxylic acids is 1. The Morgan fingerprint density at radius 1 is 1.20 bits per heavy atom. The van der Waals surface area contributed by atoms with Crippen LogP contribution in [0.3, 0.4) is 0 Å². The second-order valence-electron chi connectivity index (χ2n) is 6.84. The van der Waals surface area contributed by atoms with Gasteiger partial charge in [0.15, 0.2) is 0 Å². The van der Waals surface area contributed by atoms with Crippen LogP contribution in [0.5, 0.6) is 0 Å². The van der Waals surface area contributed by atoms with Crippen molar-refractivity contribution in [1.29, 1.82) is 0 Å². The van der Waals surface area contributed by atoms with Crippen molar-refractivity contribution in [3.8, 4) is 10.6 Å². The molecule has 1 amide bonds. The lowest BCUT2D eigenvalue weighted by molar-refractivity contribution is 0.0599. The molecule has 0 unspecified atom stereocenters. The zero-order chi connectivity index (χ0) is 18.1. The molecule has 1 aromatic heterocycles. The van der Waals surface area contributed by atoms with Crippen LogP contribution in [0.2, 0.25) is 0 Å². The number of nitrogens with zero attached hydrogens (tertiary/aromatic N) is 3. The lowest BCUT2D eigenvalue weighted by atomic mass is 10.1. The van der Waals surface area contributed by atoms with Crippen LogP contribution in [0.25, 0.3) is 10.6 Å². The van der Waals surface area contributed by atoms with E-state index in [0.717, 1.165) is 31.7 Å². The molecule has 0 atom stereocenters. The topological polar surface area (TPSA) is 36.4 Å². The van der Waals surface area contributed by atoms with Gasteiger partial charge in [0, 0.05) is 37.8 Å². The summed E-state index contributed by atoms with van der Waals surface area (Å²) in [6.07, 6.45) is 0. The van der Waals surface area contributed by atoms with Crippen LogP contribution in [0.15, 0.2) is 18.2 Å². The third kappa shape index (κ3) is 3.75. The van der Waals surface area contributed by atoms with Gasteiger partial charge in [0.1, 0.15) is 15.7 Å². The SMILES string of the molecule is Cc1ccc(F)c(-c2nc(C)c(C(=O)N3CCN(C(C)C)CC3)s2)c1. The Balaban J connectivity index is 1.81. The van der Waals surface area contributed by atoms with Gasteiger partial charge in [-0.05, 0) is 39.8 Å². The van der Waals surface area contributed by atoms with Crippen LogP contribution in [-0.4, -0.2) is 52.9 Å². The Hall–Kier alpha value is -1.79. The molecular formula is C19H24FN3OS. The van der Waals surface area contributed by atoms with Gasteiger partial charge in [-0.3, -0.25) is 9.69 Å². The van der Waals surface area contributed by atoms with Crippen LogP contribution in [-0.2, 0) is 0 Å². The lowest BCUT2D eigenvalue weighted by Crippen LogP contribution is -2.50. The normalized spacial score (nSPS) is 15.8. The second kappa shape index (κ2) is 7.22. The van der Waals surface area contributed by atoms with Crippen molar-refractivity contribution < 1.29 is 9.18 Å². The molecule has 0 radical (unpaired) electrons. The van der Waals surface area contributed by atoms with Gasteiger partial charge in [-0.2, -0.15) is 0 Å². The Kier molecular flexibility index (Phi) is 5.20. The van der Waals surface area contributed by atoms with Crippen LogP contribution < -0.4 is 0 Å². The maximum atomic E-state index is 14.1. The van der Waals surface area contributed by atoms with Gasteiger partial charge < -0.3 is 4.90 Å². The van der Waals surface area contributed by atoms with Crippen LogP contribution in [0, 0.1) is 19.7 Å². The number of amides is 1. The van der Waals surface area contributed by atoms with Crippen molar-refractivity contribution in [1.82, 2.24) is 14.8 Å². The molecule has 4 nitrogen and oxygen atoms in total. The molecule has 2 heterocycles. The third-order valence-corrected chi connectivity index (χ3v) is 5.85. The first-order chi connectivity index (χ1) is 11.9. The quantitative estimate of drug-likeness (QED) is 0.836. The van der Waals surface area contributed by atoms with Gasteiger partial charge in [0.2, 0.25) is 0 Å². The summed E-state index contributed by atoms with van der Waals surface area (Å²) in [7, 11) is 0. The standard InChI is InChI=1S/C19H24FN3OS/c1-12(2)22-7-9-23(10-8-22)19(24)17-14(4)21-18(25-17)15-11-13(3)5-6-16(15)20/h5-6,11-12H,7-10H2,1-4H3.